The summed E-state index contributed by atoms with van der Waals surface area (Å²) < 4.78 is 40.8. The fourth-order valence-corrected chi connectivity index (χ4v) is 1.70. The molecule has 12 heavy (non-hydrogen) atoms. The van der Waals surface area contributed by atoms with Crippen LogP contribution in [-0.2, 0) is 4.74 Å². The number of alkyl halides is 4. The number of ether oxygens (including phenoxy) is 1. The Morgan fingerprint density at radius 2 is 2.00 bits per heavy atom. The maximum absolute atomic E-state index is 12.0. The van der Waals surface area contributed by atoms with Crippen LogP contribution in [0.25, 0.3) is 0 Å². The highest BCUT2D eigenvalue weighted by molar-refractivity contribution is 9.09. The molecule has 0 aromatic rings. The molecule has 0 radical (unpaired) electrons. The van der Waals surface area contributed by atoms with Gasteiger partial charge in [0.05, 0.1) is 6.61 Å². The molecule has 2 unspecified atom stereocenters. The van der Waals surface area contributed by atoms with Gasteiger partial charge in [0.2, 0.25) is 0 Å². The van der Waals surface area contributed by atoms with Gasteiger partial charge in [-0.2, -0.15) is 13.2 Å². The summed E-state index contributed by atoms with van der Waals surface area (Å²) in [6.45, 7) is 0.218. The fourth-order valence-electron chi connectivity index (χ4n) is 1.19. The van der Waals surface area contributed by atoms with E-state index >= 15 is 0 Å². The smallest absolute Gasteiger partial charge is 0.368 e. The van der Waals surface area contributed by atoms with Crippen LogP contribution in [0.15, 0.2) is 0 Å². The van der Waals surface area contributed by atoms with Gasteiger partial charge in [0, 0.05) is 5.33 Å². The van der Waals surface area contributed by atoms with Crippen molar-refractivity contribution < 1.29 is 17.9 Å². The van der Waals surface area contributed by atoms with Gasteiger partial charge in [-0.15, -0.1) is 0 Å². The van der Waals surface area contributed by atoms with Crippen molar-refractivity contribution in [3.05, 3.63) is 0 Å². The number of hydrogen-bond donors (Lipinski definition) is 0. The van der Waals surface area contributed by atoms with Crippen LogP contribution < -0.4 is 0 Å². The van der Waals surface area contributed by atoms with E-state index < -0.39 is 12.3 Å². The maximum atomic E-state index is 12.0. The van der Waals surface area contributed by atoms with Crippen molar-refractivity contribution in [2.75, 3.05) is 11.9 Å². The first-order valence-electron chi connectivity index (χ1n) is 3.78. The van der Waals surface area contributed by atoms with Gasteiger partial charge in [-0.3, -0.25) is 0 Å². The van der Waals surface area contributed by atoms with Gasteiger partial charge in [0.15, 0.2) is 6.10 Å². The zero-order valence-electron chi connectivity index (χ0n) is 6.40. The maximum Gasteiger partial charge on any atom is 0.414 e. The lowest BCUT2D eigenvalue weighted by molar-refractivity contribution is -0.234. The topological polar surface area (TPSA) is 9.23 Å². The Labute approximate surface area is 77.4 Å². The summed E-state index contributed by atoms with van der Waals surface area (Å²) in [6.07, 6.45) is -5.03. The summed E-state index contributed by atoms with van der Waals surface area (Å²) >= 11 is 3.22. The Bertz CT molecular complexity index is 140. The van der Waals surface area contributed by atoms with Gasteiger partial charge in [-0.05, 0) is 18.8 Å². The normalized spacial score (nSPS) is 32.0. The summed E-state index contributed by atoms with van der Waals surface area (Å²) in [6, 6.07) is 0. The van der Waals surface area contributed by atoms with Crippen molar-refractivity contribution in [2.24, 2.45) is 5.92 Å². The average molecular weight is 247 g/mol. The lowest BCUT2D eigenvalue weighted by Crippen LogP contribution is -2.37. The molecule has 1 aliphatic heterocycles. The monoisotopic (exact) mass is 246 g/mol. The van der Waals surface area contributed by atoms with Gasteiger partial charge >= 0.3 is 6.18 Å². The van der Waals surface area contributed by atoms with Crippen LogP contribution in [-0.4, -0.2) is 24.2 Å². The highest BCUT2D eigenvalue weighted by Gasteiger charge is 2.42. The summed E-state index contributed by atoms with van der Waals surface area (Å²) in [4.78, 5) is 0. The Kier molecular flexibility index (Phi) is 3.40. The van der Waals surface area contributed by atoms with Gasteiger partial charge in [0.1, 0.15) is 0 Å². The van der Waals surface area contributed by atoms with Crippen molar-refractivity contribution >= 4 is 15.9 Å². The SMILES string of the molecule is FC(F)(F)C1CCC(CBr)CO1. The number of rotatable bonds is 1. The molecule has 1 nitrogen and oxygen atoms in total. The predicted molar refractivity (Wildman–Crippen MR) is 42.3 cm³/mol. The Hall–Kier alpha value is 0.230. The molecule has 0 aliphatic carbocycles. The van der Waals surface area contributed by atoms with Crippen molar-refractivity contribution in [3.63, 3.8) is 0 Å². The van der Waals surface area contributed by atoms with E-state index in [2.05, 4.69) is 15.9 Å². The van der Waals surface area contributed by atoms with E-state index in [1.54, 1.807) is 0 Å². The molecule has 1 aliphatic rings. The first-order valence-corrected chi connectivity index (χ1v) is 4.90. The minimum Gasteiger partial charge on any atom is -0.368 e. The quantitative estimate of drug-likeness (QED) is 0.647. The summed E-state index contributed by atoms with van der Waals surface area (Å²) in [5.74, 6) is 0.239. The first-order chi connectivity index (χ1) is 5.54. The molecule has 0 N–H and O–H groups in total. The van der Waals surface area contributed by atoms with Crippen LogP contribution >= 0.6 is 15.9 Å². The van der Waals surface area contributed by atoms with Gasteiger partial charge in [0.25, 0.3) is 0 Å². The average Bonchev–Trinajstić information content (AvgIpc) is 2.03. The second-order valence-electron chi connectivity index (χ2n) is 2.96. The number of hydrogen-bond acceptors (Lipinski definition) is 1. The fraction of sp³-hybridized carbons (Fsp3) is 1.00. The van der Waals surface area contributed by atoms with E-state index in [9.17, 15) is 13.2 Å². The Morgan fingerprint density at radius 3 is 2.33 bits per heavy atom. The molecule has 0 spiro atoms. The van der Waals surface area contributed by atoms with Crippen LogP contribution in [0.4, 0.5) is 13.2 Å². The molecular formula is C7H10BrF3O. The molecule has 0 amide bonds. The Balaban J connectivity index is 2.36. The molecule has 1 saturated heterocycles. The molecule has 0 bridgehead atoms. The molecule has 0 aromatic carbocycles. The highest BCUT2D eigenvalue weighted by atomic mass is 79.9. The van der Waals surface area contributed by atoms with Crippen molar-refractivity contribution in [2.45, 2.75) is 25.1 Å². The summed E-state index contributed by atoms with van der Waals surface area (Å²) in [5, 5.41) is 0.720. The van der Waals surface area contributed by atoms with E-state index in [0.717, 1.165) is 5.33 Å². The van der Waals surface area contributed by atoms with Gasteiger partial charge in [-0.25, -0.2) is 0 Å². The van der Waals surface area contributed by atoms with Crippen LogP contribution in [0.2, 0.25) is 0 Å². The van der Waals surface area contributed by atoms with Crippen LogP contribution in [0.1, 0.15) is 12.8 Å². The highest BCUT2D eigenvalue weighted by Crippen LogP contribution is 2.31. The predicted octanol–water partition coefficient (Wildman–Crippen LogP) is 2.74. The van der Waals surface area contributed by atoms with Crippen LogP contribution in [0.5, 0.6) is 0 Å². The lowest BCUT2D eigenvalue weighted by atomic mass is 10.0. The molecular weight excluding hydrogens is 237 g/mol. The molecule has 1 rings (SSSR count). The van der Waals surface area contributed by atoms with Crippen molar-refractivity contribution in [3.8, 4) is 0 Å². The van der Waals surface area contributed by atoms with Gasteiger partial charge in [-0.1, -0.05) is 15.9 Å². The van der Waals surface area contributed by atoms with Gasteiger partial charge < -0.3 is 4.74 Å². The number of halogens is 4. The lowest BCUT2D eigenvalue weighted by Gasteiger charge is -2.29. The summed E-state index contributed by atoms with van der Waals surface area (Å²) in [7, 11) is 0. The minimum absolute atomic E-state index is 0.0970. The summed E-state index contributed by atoms with van der Waals surface area (Å²) in [5.41, 5.74) is 0. The second-order valence-corrected chi connectivity index (χ2v) is 3.61. The minimum atomic E-state index is -4.18. The van der Waals surface area contributed by atoms with E-state index in [1.165, 1.54) is 0 Å². The van der Waals surface area contributed by atoms with E-state index in [4.69, 9.17) is 4.74 Å². The van der Waals surface area contributed by atoms with E-state index in [1.807, 2.05) is 0 Å². The first kappa shape index (κ1) is 10.3. The largest absolute Gasteiger partial charge is 0.414 e. The molecule has 1 fully saturated rings. The third kappa shape index (κ3) is 2.62. The van der Waals surface area contributed by atoms with Crippen molar-refractivity contribution in [1.29, 1.82) is 0 Å². The molecule has 0 saturated carbocycles. The van der Waals surface area contributed by atoms with Crippen molar-refractivity contribution in [1.82, 2.24) is 0 Å². The zero-order valence-corrected chi connectivity index (χ0v) is 7.99. The van der Waals surface area contributed by atoms with E-state index in [-0.39, 0.29) is 18.9 Å². The Morgan fingerprint density at radius 1 is 1.33 bits per heavy atom. The molecule has 1 heterocycles. The zero-order chi connectivity index (χ0) is 9.19. The molecule has 0 aromatic heterocycles. The van der Waals surface area contributed by atoms with Crippen LogP contribution in [0, 0.1) is 5.92 Å². The third-order valence-corrected chi connectivity index (χ3v) is 2.87. The molecule has 72 valence electrons. The standard InChI is InChI=1S/C7H10BrF3O/c8-3-5-1-2-6(12-4-5)7(9,10)11/h5-6H,1-4H2. The second kappa shape index (κ2) is 3.96. The third-order valence-electron chi connectivity index (χ3n) is 1.95. The van der Waals surface area contributed by atoms with Crippen LogP contribution in [0.3, 0.4) is 0 Å². The molecule has 2 atom stereocenters. The molecule has 5 heteroatoms. The van der Waals surface area contributed by atoms with E-state index in [0.29, 0.717) is 6.42 Å².